The average molecular weight is 635 g/mol. The van der Waals surface area contributed by atoms with Gasteiger partial charge in [-0.2, -0.15) is 0 Å². The van der Waals surface area contributed by atoms with Crippen LogP contribution >= 0.6 is 0 Å². The standard InChI is InChI=1S/C37H64NO7/c1-13-14-31-22(3)17-23(4)34(39)24(5)18-25(6)35(44-33-20-30(38(11)12)19-27(8)42-33)28(9)36(29(10)37(40)43-31)45-32-16-21(2)15-26(7)41-32/h15,17,20-33,35-36H,13-14,16,18-19H2,1-12H3/t21?,22-,23-,24-,25+,26?,27?,28-,29-,30?,31-,32+,33?,35+,36+/m1/s1. The molecule has 0 aliphatic carbocycles. The molecule has 0 bridgehead atoms. The summed E-state index contributed by atoms with van der Waals surface area (Å²) in [6, 6.07) is 0.216. The van der Waals surface area contributed by atoms with Gasteiger partial charge >= 0.3 is 5.97 Å². The second-order valence-corrected chi connectivity index (χ2v) is 14.9. The highest BCUT2D eigenvalue weighted by Gasteiger charge is 2.44. The molecule has 3 heterocycles. The van der Waals surface area contributed by atoms with E-state index in [0.717, 1.165) is 19.3 Å². The zero-order valence-corrected chi connectivity index (χ0v) is 30.2. The second-order valence-electron chi connectivity index (χ2n) is 14.9. The number of cyclic esters (lactones) is 1. The summed E-state index contributed by atoms with van der Waals surface area (Å²) in [6.07, 6.45) is 8.07. The fraction of sp³-hybridized carbons (Fsp3) is 0.865. The molecular formula is C37H64NO7. The maximum atomic E-state index is 14.0. The first-order valence-electron chi connectivity index (χ1n) is 17.7. The van der Waals surface area contributed by atoms with E-state index in [9.17, 15) is 9.59 Å². The molecule has 0 aromatic rings. The molecule has 15 atom stereocenters. The topological polar surface area (TPSA) is 83.5 Å². The van der Waals surface area contributed by atoms with Crippen LogP contribution in [0.15, 0.2) is 0 Å². The molecule has 3 aliphatic rings. The predicted octanol–water partition coefficient (Wildman–Crippen LogP) is 6.71. The van der Waals surface area contributed by atoms with E-state index < -0.39 is 24.6 Å². The average Bonchev–Trinajstić information content (AvgIpc) is 2.95. The summed E-state index contributed by atoms with van der Waals surface area (Å²) in [7, 11) is 4.14. The van der Waals surface area contributed by atoms with Gasteiger partial charge in [0.1, 0.15) is 11.9 Å². The van der Waals surface area contributed by atoms with Crippen LogP contribution in [0.2, 0.25) is 0 Å². The molecule has 3 fully saturated rings. The van der Waals surface area contributed by atoms with E-state index in [1.807, 2.05) is 27.7 Å². The van der Waals surface area contributed by atoms with Crippen molar-refractivity contribution in [3.63, 3.8) is 0 Å². The Morgan fingerprint density at radius 1 is 0.844 bits per heavy atom. The summed E-state index contributed by atoms with van der Waals surface area (Å²) in [4.78, 5) is 29.8. The lowest BCUT2D eigenvalue weighted by atomic mass is 9.77. The molecule has 3 radical (unpaired) electrons. The Balaban J connectivity index is 2.02. The van der Waals surface area contributed by atoms with Crippen molar-refractivity contribution in [3.05, 3.63) is 19.3 Å². The van der Waals surface area contributed by atoms with Gasteiger partial charge in [-0.3, -0.25) is 9.59 Å². The lowest BCUT2D eigenvalue weighted by Crippen LogP contribution is -2.50. The van der Waals surface area contributed by atoms with Crippen molar-refractivity contribution in [3.8, 4) is 0 Å². The number of carbonyl (C=O) groups is 2. The summed E-state index contributed by atoms with van der Waals surface area (Å²) in [5.41, 5.74) is 0. The lowest BCUT2D eigenvalue weighted by Gasteiger charge is -2.44. The van der Waals surface area contributed by atoms with Crippen molar-refractivity contribution in [2.24, 2.45) is 41.4 Å². The minimum Gasteiger partial charge on any atom is -0.462 e. The number of ether oxygens (including phenoxy) is 5. The van der Waals surface area contributed by atoms with Gasteiger partial charge in [0.15, 0.2) is 12.6 Å². The minimum atomic E-state index is -0.561. The van der Waals surface area contributed by atoms with Crippen LogP contribution in [-0.4, -0.2) is 79.9 Å². The molecule has 8 nitrogen and oxygen atoms in total. The summed E-state index contributed by atoms with van der Waals surface area (Å²) >= 11 is 0. The van der Waals surface area contributed by atoms with Gasteiger partial charge in [-0.25, -0.2) is 0 Å². The van der Waals surface area contributed by atoms with E-state index in [-0.39, 0.29) is 71.8 Å². The van der Waals surface area contributed by atoms with Crippen molar-refractivity contribution in [1.82, 2.24) is 4.90 Å². The van der Waals surface area contributed by atoms with Crippen molar-refractivity contribution >= 4 is 11.8 Å². The fourth-order valence-electron chi connectivity index (χ4n) is 7.69. The Hall–Kier alpha value is -1.06. The zero-order chi connectivity index (χ0) is 33.6. The third-order valence-electron chi connectivity index (χ3n) is 10.3. The first kappa shape index (κ1) is 38.4. The van der Waals surface area contributed by atoms with Crippen molar-refractivity contribution in [1.29, 1.82) is 0 Å². The Kier molecular flexibility index (Phi) is 14.8. The van der Waals surface area contributed by atoms with Gasteiger partial charge in [0, 0.05) is 36.6 Å². The Bertz CT molecular complexity index is 918. The van der Waals surface area contributed by atoms with Gasteiger partial charge in [-0.15, -0.1) is 0 Å². The molecule has 45 heavy (non-hydrogen) atoms. The molecule has 8 heteroatoms. The number of rotatable bonds is 7. The van der Waals surface area contributed by atoms with Crippen LogP contribution < -0.4 is 0 Å². The van der Waals surface area contributed by atoms with Crippen LogP contribution in [0.4, 0.5) is 0 Å². The molecule has 3 aliphatic heterocycles. The molecule has 0 aromatic carbocycles. The first-order chi connectivity index (χ1) is 21.1. The number of esters is 1. The van der Waals surface area contributed by atoms with Gasteiger partial charge in [0.2, 0.25) is 0 Å². The summed E-state index contributed by atoms with van der Waals surface area (Å²) < 4.78 is 32.5. The Morgan fingerprint density at radius 2 is 1.53 bits per heavy atom. The fourth-order valence-corrected chi connectivity index (χ4v) is 7.69. The van der Waals surface area contributed by atoms with E-state index in [1.165, 1.54) is 0 Å². The Labute approximate surface area is 275 Å². The molecule has 3 rings (SSSR count). The SMILES string of the molecule is CCC[C@H]1OC(=O)[C@H](C)[C@@H](O[C@H]2CC(C)[CH]C(C)O2)[C@H](C)[C@@H](OC2[CH]C(N(C)C)CC(C)O2)[C@@H](C)C[C@@H](C)C(=O)[C@H](C)[CH][C@H]1C. The molecule has 3 saturated heterocycles. The van der Waals surface area contributed by atoms with Crippen molar-refractivity contribution in [2.45, 2.75) is 150 Å². The van der Waals surface area contributed by atoms with Gasteiger partial charge < -0.3 is 28.6 Å². The third kappa shape index (κ3) is 10.7. The van der Waals surface area contributed by atoms with Crippen molar-refractivity contribution in [2.75, 3.05) is 14.1 Å². The van der Waals surface area contributed by atoms with Crippen LogP contribution in [-0.2, 0) is 33.3 Å². The van der Waals surface area contributed by atoms with Gasteiger partial charge in [0.25, 0.3) is 0 Å². The molecule has 5 unspecified atom stereocenters. The lowest BCUT2D eigenvalue weighted by molar-refractivity contribution is -0.253. The maximum Gasteiger partial charge on any atom is 0.311 e. The second kappa shape index (κ2) is 17.4. The third-order valence-corrected chi connectivity index (χ3v) is 10.3. The molecule has 0 amide bonds. The van der Waals surface area contributed by atoms with Gasteiger partial charge in [-0.1, -0.05) is 54.9 Å². The number of nitrogens with zero attached hydrogens (tertiary/aromatic N) is 1. The molecule has 0 N–H and O–H groups in total. The summed E-state index contributed by atoms with van der Waals surface area (Å²) in [5.74, 6) is -1.01. The minimum absolute atomic E-state index is 0.0147. The Morgan fingerprint density at radius 3 is 2.16 bits per heavy atom. The number of hydrogen-bond acceptors (Lipinski definition) is 8. The predicted molar refractivity (Wildman–Crippen MR) is 177 cm³/mol. The number of Topliss-reactive ketones (excluding diaryl/α,β-unsaturated/α-hetero) is 1. The van der Waals surface area contributed by atoms with Crippen LogP contribution in [0.25, 0.3) is 0 Å². The van der Waals surface area contributed by atoms with E-state index >= 15 is 0 Å². The van der Waals surface area contributed by atoms with E-state index in [4.69, 9.17) is 23.7 Å². The van der Waals surface area contributed by atoms with Crippen LogP contribution in [0, 0.1) is 60.7 Å². The van der Waals surface area contributed by atoms with Crippen LogP contribution in [0.5, 0.6) is 0 Å². The smallest absolute Gasteiger partial charge is 0.311 e. The highest BCUT2D eigenvalue weighted by Crippen LogP contribution is 2.37. The molecular weight excluding hydrogens is 570 g/mol. The quantitative estimate of drug-likeness (QED) is 0.286. The van der Waals surface area contributed by atoms with Crippen LogP contribution in [0.1, 0.15) is 101 Å². The highest BCUT2D eigenvalue weighted by molar-refractivity contribution is 5.84. The van der Waals surface area contributed by atoms with Gasteiger partial charge in [-0.05, 0) is 84.7 Å². The normalized spacial score (nSPS) is 44.8. The summed E-state index contributed by atoms with van der Waals surface area (Å²) in [5, 5.41) is 0. The first-order valence-corrected chi connectivity index (χ1v) is 17.7. The molecule has 0 aromatic heterocycles. The van der Waals surface area contributed by atoms with Crippen molar-refractivity contribution < 1.29 is 33.3 Å². The number of ketones is 1. The highest BCUT2D eigenvalue weighted by atomic mass is 16.7. The molecule has 259 valence electrons. The monoisotopic (exact) mass is 634 g/mol. The zero-order valence-electron chi connectivity index (χ0n) is 30.2. The summed E-state index contributed by atoms with van der Waals surface area (Å²) in [6.45, 7) is 20.6. The van der Waals surface area contributed by atoms with E-state index in [0.29, 0.717) is 18.8 Å². The van der Waals surface area contributed by atoms with Crippen LogP contribution in [0.3, 0.4) is 0 Å². The van der Waals surface area contributed by atoms with E-state index in [2.05, 4.69) is 79.8 Å². The maximum absolute atomic E-state index is 14.0. The largest absolute Gasteiger partial charge is 0.462 e. The van der Waals surface area contributed by atoms with Gasteiger partial charge in [0.05, 0.1) is 30.3 Å². The molecule has 0 spiro atoms. The number of carbonyl (C=O) groups excluding carboxylic acids is 2. The molecule has 0 saturated carbocycles. The number of hydrogen-bond donors (Lipinski definition) is 0. The van der Waals surface area contributed by atoms with E-state index in [1.54, 1.807) is 0 Å².